The number of carbonyl (C=O) groups excluding carboxylic acids is 1. The summed E-state index contributed by atoms with van der Waals surface area (Å²) in [6.07, 6.45) is -0.441. The van der Waals surface area contributed by atoms with Gasteiger partial charge in [-0.05, 0) is 32.9 Å². The highest BCUT2D eigenvalue weighted by Gasteiger charge is 2.16. The number of hydrogen-bond donors (Lipinski definition) is 1. The molecule has 0 saturated heterocycles. The molecule has 1 amide bonds. The molecule has 0 aliphatic rings. The topological polar surface area (TPSA) is 51.5 Å². The lowest BCUT2D eigenvalue weighted by Crippen LogP contribution is -2.35. The first-order valence-corrected chi connectivity index (χ1v) is 4.94. The molecular weight excluding hydrogens is 194 g/mol. The Morgan fingerprint density at radius 2 is 2.13 bits per heavy atom. The highest BCUT2D eigenvalue weighted by molar-refractivity contribution is 5.80. The predicted molar refractivity (Wildman–Crippen MR) is 56.5 cm³/mol. The van der Waals surface area contributed by atoms with Gasteiger partial charge in [0.1, 0.15) is 17.6 Å². The zero-order valence-electron chi connectivity index (χ0n) is 9.53. The Labute approximate surface area is 89.6 Å². The van der Waals surface area contributed by atoms with E-state index in [0.717, 1.165) is 11.5 Å². The van der Waals surface area contributed by atoms with Crippen LogP contribution in [0.15, 0.2) is 16.5 Å². The van der Waals surface area contributed by atoms with E-state index in [1.54, 1.807) is 6.92 Å². The van der Waals surface area contributed by atoms with E-state index in [9.17, 15) is 4.79 Å². The van der Waals surface area contributed by atoms with Gasteiger partial charge < -0.3 is 14.5 Å². The summed E-state index contributed by atoms with van der Waals surface area (Å²) in [5, 5.41) is 2.80. The lowest BCUT2D eigenvalue weighted by molar-refractivity contribution is -0.130. The summed E-state index contributed by atoms with van der Waals surface area (Å²) in [5.41, 5.74) is 0. The van der Waals surface area contributed by atoms with Crippen molar-refractivity contribution < 1.29 is 13.9 Å². The first-order chi connectivity index (χ1) is 7.04. The van der Waals surface area contributed by atoms with Gasteiger partial charge in [-0.3, -0.25) is 4.79 Å². The van der Waals surface area contributed by atoms with Crippen molar-refractivity contribution in [2.24, 2.45) is 0 Å². The van der Waals surface area contributed by atoms with Gasteiger partial charge in [-0.15, -0.1) is 0 Å². The molecule has 0 spiro atoms. The van der Waals surface area contributed by atoms with Crippen LogP contribution in [0.25, 0.3) is 0 Å². The average Bonchev–Trinajstić information content (AvgIpc) is 2.63. The second kappa shape index (κ2) is 4.98. The summed E-state index contributed by atoms with van der Waals surface area (Å²) in [6, 6.07) is 3.60. The van der Waals surface area contributed by atoms with E-state index in [1.807, 2.05) is 26.0 Å². The summed E-state index contributed by atoms with van der Waals surface area (Å²) in [6.45, 7) is 5.45. The van der Waals surface area contributed by atoms with Crippen LogP contribution in [0, 0.1) is 6.92 Å². The minimum absolute atomic E-state index is 0.135. The maximum absolute atomic E-state index is 11.5. The molecule has 0 bridgehead atoms. The van der Waals surface area contributed by atoms with Gasteiger partial charge in [-0.1, -0.05) is 0 Å². The molecule has 0 aliphatic carbocycles. The van der Waals surface area contributed by atoms with Gasteiger partial charge in [0.2, 0.25) is 5.91 Å². The Kier molecular flexibility index (Phi) is 3.91. The largest absolute Gasteiger partial charge is 0.464 e. The Balaban J connectivity index is 2.56. The maximum atomic E-state index is 11.5. The van der Waals surface area contributed by atoms with E-state index in [1.165, 1.54) is 7.11 Å². The summed E-state index contributed by atoms with van der Waals surface area (Å²) >= 11 is 0. The van der Waals surface area contributed by atoms with Crippen molar-refractivity contribution in [3.63, 3.8) is 0 Å². The molecule has 1 aromatic rings. The Morgan fingerprint density at radius 1 is 1.47 bits per heavy atom. The summed E-state index contributed by atoms with van der Waals surface area (Å²) in [5.74, 6) is 1.45. The minimum atomic E-state index is -0.441. The SMILES string of the molecule is COC(C)C(=O)NC(C)c1ccc(C)o1. The van der Waals surface area contributed by atoms with Crippen molar-refractivity contribution in [3.8, 4) is 0 Å². The van der Waals surface area contributed by atoms with Gasteiger partial charge in [0, 0.05) is 7.11 Å². The van der Waals surface area contributed by atoms with E-state index < -0.39 is 6.10 Å². The number of ether oxygens (including phenoxy) is 1. The van der Waals surface area contributed by atoms with E-state index >= 15 is 0 Å². The normalized spacial score (nSPS) is 14.7. The van der Waals surface area contributed by atoms with Gasteiger partial charge in [0.15, 0.2) is 0 Å². The maximum Gasteiger partial charge on any atom is 0.249 e. The van der Waals surface area contributed by atoms with Crippen LogP contribution >= 0.6 is 0 Å². The molecule has 2 unspecified atom stereocenters. The standard InChI is InChI=1S/C11H17NO3/c1-7-5-6-10(15-7)8(2)12-11(13)9(3)14-4/h5-6,8-9H,1-4H3,(H,12,13). The van der Waals surface area contributed by atoms with Crippen LogP contribution in [0.4, 0.5) is 0 Å². The molecule has 4 nitrogen and oxygen atoms in total. The third kappa shape index (κ3) is 3.09. The third-order valence-electron chi connectivity index (χ3n) is 2.27. The number of furan rings is 1. The van der Waals surface area contributed by atoms with Gasteiger partial charge >= 0.3 is 0 Å². The van der Waals surface area contributed by atoms with E-state index in [4.69, 9.17) is 9.15 Å². The van der Waals surface area contributed by atoms with Gasteiger partial charge in [0.25, 0.3) is 0 Å². The fraction of sp³-hybridized carbons (Fsp3) is 0.545. The van der Waals surface area contributed by atoms with Crippen molar-refractivity contribution in [3.05, 3.63) is 23.7 Å². The minimum Gasteiger partial charge on any atom is -0.464 e. The van der Waals surface area contributed by atoms with Crippen LogP contribution in [-0.4, -0.2) is 19.1 Å². The number of aryl methyl sites for hydroxylation is 1. The van der Waals surface area contributed by atoms with E-state index in [-0.39, 0.29) is 11.9 Å². The zero-order valence-corrected chi connectivity index (χ0v) is 9.53. The number of hydrogen-bond acceptors (Lipinski definition) is 3. The van der Waals surface area contributed by atoms with Crippen molar-refractivity contribution in [1.29, 1.82) is 0 Å². The molecule has 1 rings (SSSR count). The second-order valence-corrected chi connectivity index (χ2v) is 3.56. The molecule has 84 valence electrons. The van der Waals surface area contributed by atoms with Gasteiger partial charge in [-0.2, -0.15) is 0 Å². The molecule has 2 atom stereocenters. The lowest BCUT2D eigenvalue weighted by atomic mass is 10.2. The first-order valence-electron chi connectivity index (χ1n) is 4.94. The van der Waals surface area contributed by atoms with Crippen molar-refractivity contribution in [2.45, 2.75) is 32.9 Å². The second-order valence-electron chi connectivity index (χ2n) is 3.56. The fourth-order valence-corrected chi connectivity index (χ4v) is 1.20. The summed E-state index contributed by atoms with van der Waals surface area (Å²) in [4.78, 5) is 11.5. The lowest BCUT2D eigenvalue weighted by Gasteiger charge is -2.14. The number of amides is 1. The van der Waals surface area contributed by atoms with Gasteiger partial charge in [0.05, 0.1) is 6.04 Å². The molecule has 1 N–H and O–H groups in total. The van der Waals surface area contributed by atoms with Crippen molar-refractivity contribution in [2.75, 3.05) is 7.11 Å². The Morgan fingerprint density at radius 3 is 2.60 bits per heavy atom. The summed E-state index contributed by atoms with van der Waals surface area (Å²) < 4.78 is 10.3. The quantitative estimate of drug-likeness (QED) is 0.826. The fourth-order valence-electron chi connectivity index (χ4n) is 1.20. The number of carbonyl (C=O) groups is 1. The van der Waals surface area contributed by atoms with Gasteiger partial charge in [-0.25, -0.2) is 0 Å². The molecule has 0 saturated carbocycles. The predicted octanol–water partition coefficient (Wildman–Crippen LogP) is 1.80. The number of methoxy groups -OCH3 is 1. The monoisotopic (exact) mass is 211 g/mol. The van der Waals surface area contributed by atoms with Crippen molar-refractivity contribution >= 4 is 5.91 Å². The first kappa shape index (κ1) is 11.8. The van der Waals surface area contributed by atoms with Crippen LogP contribution in [0.3, 0.4) is 0 Å². The molecule has 4 heteroatoms. The highest BCUT2D eigenvalue weighted by Crippen LogP contribution is 2.15. The van der Waals surface area contributed by atoms with Crippen LogP contribution in [0.1, 0.15) is 31.4 Å². The Bertz CT molecular complexity index is 332. The molecule has 15 heavy (non-hydrogen) atoms. The smallest absolute Gasteiger partial charge is 0.249 e. The third-order valence-corrected chi connectivity index (χ3v) is 2.27. The van der Waals surface area contributed by atoms with Crippen LogP contribution in [-0.2, 0) is 9.53 Å². The molecule has 1 aromatic heterocycles. The molecule has 0 radical (unpaired) electrons. The molecule has 1 heterocycles. The number of nitrogens with one attached hydrogen (secondary N) is 1. The zero-order chi connectivity index (χ0) is 11.4. The van der Waals surface area contributed by atoms with Crippen LogP contribution in [0.5, 0.6) is 0 Å². The van der Waals surface area contributed by atoms with Crippen LogP contribution < -0.4 is 5.32 Å². The van der Waals surface area contributed by atoms with Crippen LogP contribution in [0.2, 0.25) is 0 Å². The Hall–Kier alpha value is -1.29. The van der Waals surface area contributed by atoms with E-state index in [2.05, 4.69) is 5.32 Å². The molecule has 0 aliphatic heterocycles. The molecule has 0 fully saturated rings. The summed E-state index contributed by atoms with van der Waals surface area (Å²) in [7, 11) is 1.51. The van der Waals surface area contributed by atoms with Crippen molar-refractivity contribution in [1.82, 2.24) is 5.32 Å². The average molecular weight is 211 g/mol. The molecular formula is C11H17NO3. The number of rotatable bonds is 4. The highest BCUT2D eigenvalue weighted by atomic mass is 16.5. The van der Waals surface area contributed by atoms with E-state index in [0.29, 0.717) is 0 Å². The molecule has 0 aromatic carbocycles.